The summed E-state index contributed by atoms with van der Waals surface area (Å²) in [6, 6.07) is 38.5. The second kappa shape index (κ2) is 10.9. The SMILES string of the molecule is CC1N=CN=CC1C1=CC(c2ccccc2)Cc2cccc(/C=C\c3ccc4c(c3)-c3c(ccc5c3sc3ccccc35)C4(C)C)c21. The predicted molar refractivity (Wildman–Crippen MR) is 203 cm³/mol. The van der Waals surface area contributed by atoms with Crippen LogP contribution >= 0.6 is 11.3 Å². The second-order valence-electron chi connectivity index (χ2n) is 13.8. The van der Waals surface area contributed by atoms with Crippen LogP contribution in [0.3, 0.4) is 0 Å². The smallest absolute Gasteiger partial charge is 0.109 e. The van der Waals surface area contributed by atoms with Crippen LogP contribution in [0.5, 0.6) is 0 Å². The molecule has 5 aromatic carbocycles. The molecule has 0 N–H and O–H groups in total. The average Bonchev–Trinajstić information content (AvgIpc) is 3.59. The summed E-state index contributed by atoms with van der Waals surface area (Å²) < 4.78 is 2.76. The lowest BCUT2D eigenvalue weighted by atomic mass is 9.74. The maximum atomic E-state index is 4.70. The topological polar surface area (TPSA) is 24.7 Å². The minimum absolute atomic E-state index is 0.0362. The summed E-state index contributed by atoms with van der Waals surface area (Å²) in [5.74, 6) is 0.470. The first-order chi connectivity index (χ1) is 23.0. The first-order valence-corrected chi connectivity index (χ1v) is 17.5. The Morgan fingerprint density at radius 3 is 2.49 bits per heavy atom. The van der Waals surface area contributed by atoms with Crippen molar-refractivity contribution in [3.05, 3.63) is 148 Å². The molecular weight excluding hydrogens is 589 g/mol. The number of nitrogens with zero attached hydrogens (tertiary/aromatic N) is 2. The Bertz CT molecular complexity index is 2330. The Morgan fingerprint density at radius 1 is 0.787 bits per heavy atom. The summed E-state index contributed by atoms with van der Waals surface area (Å²) in [6.45, 7) is 6.95. The van der Waals surface area contributed by atoms with Crippen LogP contribution in [0.2, 0.25) is 0 Å². The molecule has 0 amide bonds. The highest BCUT2D eigenvalue weighted by Crippen LogP contribution is 2.54. The van der Waals surface area contributed by atoms with Crippen molar-refractivity contribution in [3.63, 3.8) is 0 Å². The lowest BCUT2D eigenvalue weighted by molar-refractivity contribution is 0.661. The third-order valence-corrected chi connectivity index (χ3v) is 11.9. The largest absolute Gasteiger partial charge is 0.269 e. The highest BCUT2D eigenvalue weighted by atomic mass is 32.1. The van der Waals surface area contributed by atoms with Crippen LogP contribution in [0, 0.1) is 5.92 Å². The lowest BCUT2D eigenvalue weighted by Crippen LogP contribution is -2.25. The molecule has 3 atom stereocenters. The summed E-state index contributed by atoms with van der Waals surface area (Å²) in [7, 11) is 0. The first kappa shape index (κ1) is 28.4. The molecule has 0 saturated carbocycles. The lowest BCUT2D eigenvalue weighted by Gasteiger charge is -2.31. The number of thiophene rings is 1. The number of fused-ring (bicyclic) bond motifs is 8. The Kier molecular flexibility index (Phi) is 6.55. The van der Waals surface area contributed by atoms with E-state index in [2.05, 4.69) is 153 Å². The van der Waals surface area contributed by atoms with E-state index in [1.54, 1.807) is 6.34 Å². The molecule has 3 heteroatoms. The third kappa shape index (κ3) is 4.52. The number of benzene rings is 5. The average molecular weight is 625 g/mol. The molecule has 3 unspecified atom stereocenters. The Balaban J connectivity index is 1.15. The molecule has 3 aliphatic rings. The van der Waals surface area contributed by atoms with E-state index in [-0.39, 0.29) is 17.4 Å². The fourth-order valence-electron chi connectivity index (χ4n) is 8.23. The van der Waals surface area contributed by atoms with Crippen LogP contribution in [-0.2, 0) is 11.8 Å². The number of allylic oxidation sites excluding steroid dienone is 1. The quantitative estimate of drug-likeness (QED) is 0.174. The number of hydrogen-bond acceptors (Lipinski definition) is 3. The predicted octanol–water partition coefficient (Wildman–Crippen LogP) is 11.4. The molecule has 228 valence electrons. The van der Waals surface area contributed by atoms with Gasteiger partial charge in [-0.1, -0.05) is 123 Å². The molecule has 0 bridgehead atoms. The summed E-state index contributed by atoms with van der Waals surface area (Å²) >= 11 is 1.93. The fraction of sp³-hybridized carbons (Fsp3) is 0.182. The van der Waals surface area contributed by atoms with E-state index in [0.29, 0.717) is 5.92 Å². The van der Waals surface area contributed by atoms with Crippen molar-refractivity contribution in [2.75, 3.05) is 0 Å². The molecule has 2 aliphatic carbocycles. The van der Waals surface area contributed by atoms with Crippen LogP contribution in [-0.4, -0.2) is 18.6 Å². The Morgan fingerprint density at radius 2 is 1.62 bits per heavy atom. The number of aliphatic imine (C=N–C) groups is 2. The van der Waals surface area contributed by atoms with Gasteiger partial charge in [0.2, 0.25) is 0 Å². The van der Waals surface area contributed by atoms with Gasteiger partial charge < -0.3 is 0 Å². The molecular formula is C44H36N2S. The molecule has 0 saturated heterocycles. The van der Waals surface area contributed by atoms with Gasteiger partial charge in [-0.25, -0.2) is 4.99 Å². The number of hydrogen-bond donors (Lipinski definition) is 0. The van der Waals surface area contributed by atoms with Crippen LogP contribution in [0.25, 0.3) is 49.0 Å². The molecule has 1 aliphatic heterocycles. The Hall–Kier alpha value is -4.86. The third-order valence-electron chi connectivity index (χ3n) is 10.7. The van der Waals surface area contributed by atoms with Crippen molar-refractivity contribution < 1.29 is 0 Å². The van der Waals surface area contributed by atoms with E-state index < -0.39 is 0 Å². The van der Waals surface area contributed by atoms with Crippen molar-refractivity contribution in [2.24, 2.45) is 15.9 Å². The monoisotopic (exact) mass is 624 g/mol. The minimum atomic E-state index is -0.0362. The molecule has 6 aromatic rings. The van der Waals surface area contributed by atoms with Crippen LogP contribution < -0.4 is 0 Å². The molecule has 47 heavy (non-hydrogen) atoms. The van der Waals surface area contributed by atoms with Crippen molar-refractivity contribution in [2.45, 2.75) is 44.6 Å². The number of rotatable bonds is 4. The highest BCUT2D eigenvalue weighted by Gasteiger charge is 2.37. The standard InChI is InChI=1S/C44H36N2S/c1-27-37(25-45-26-46-27)35-24-32(29-10-5-4-6-11-29)23-31-13-9-12-30(41(31)35)18-16-28-17-20-38-36(22-28)42-39(44(38,2)3)21-19-34-33-14-7-8-15-40(33)47-43(34)42/h4-22,24-27,32,37H,23H2,1-3H3/b18-16-. The summed E-state index contributed by atoms with van der Waals surface area (Å²) in [4.78, 5) is 9.20. The first-order valence-electron chi connectivity index (χ1n) is 16.7. The van der Waals surface area contributed by atoms with E-state index in [0.717, 1.165) is 6.42 Å². The van der Waals surface area contributed by atoms with Gasteiger partial charge in [0.25, 0.3) is 0 Å². The van der Waals surface area contributed by atoms with Crippen molar-refractivity contribution in [1.29, 1.82) is 0 Å². The second-order valence-corrected chi connectivity index (χ2v) is 14.8. The van der Waals surface area contributed by atoms with Crippen LogP contribution in [0.4, 0.5) is 0 Å². The van der Waals surface area contributed by atoms with Gasteiger partial charge >= 0.3 is 0 Å². The van der Waals surface area contributed by atoms with Crippen LogP contribution in [0.15, 0.2) is 119 Å². The summed E-state index contributed by atoms with van der Waals surface area (Å²) in [6.07, 6.45) is 11.9. The summed E-state index contributed by atoms with van der Waals surface area (Å²) in [5, 5.41) is 2.72. The molecule has 0 fully saturated rings. The maximum Gasteiger partial charge on any atom is 0.109 e. The normalized spacial score (nSPS) is 20.8. The van der Waals surface area contributed by atoms with Crippen LogP contribution in [0.1, 0.15) is 65.6 Å². The molecule has 9 rings (SSSR count). The molecule has 1 aromatic heterocycles. The van der Waals surface area contributed by atoms with Gasteiger partial charge in [-0.3, -0.25) is 4.99 Å². The van der Waals surface area contributed by atoms with Crippen molar-refractivity contribution in [3.8, 4) is 11.1 Å². The van der Waals surface area contributed by atoms with Gasteiger partial charge in [0.05, 0.1) is 6.04 Å². The van der Waals surface area contributed by atoms with E-state index in [9.17, 15) is 0 Å². The maximum absolute atomic E-state index is 4.70. The molecule has 2 nitrogen and oxygen atoms in total. The van der Waals surface area contributed by atoms with Gasteiger partial charge in [-0.05, 0) is 75.6 Å². The van der Waals surface area contributed by atoms with Crippen molar-refractivity contribution >= 4 is 61.8 Å². The molecule has 0 spiro atoms. The van der Waals surface area contributed by atoms with Gasteiger partial charge in [0, 0.05) is 49.2 Å². The zero-order valence-corrected chi connectivity index (χ0v) is 27.8. The zero-order chi connectivity index (χ0) is 31.7. The van der Waals surface area contributed by atoms with E-state index in [1.807, 2.05) is 11.3 Å². The van der Waals surface area contributed by atoms with Gasteiger partial charge in [0.15, 0.2) is 0 Å². The van der Waals surface area contributed by atoms with Gasteiger partial charge in [-0.2, -0.15) is 0 Å². The van der Waals surface area contributed by atoms with Gasteiger partial charge in [-0.15, -0.1) is 11.3 Å². The van der Waals surface area contributed by atoms with Crippen molar-refractivity contribution in [1.82, 2.24) is 0 Å². The highest BCUT2D eigenvalue weighted by molar-refractivity contribution is 7.26. The van der Waals surface area contributed by atoms with E-state index in [4.69, 9.17) is 4.99 Å². The van der Waals surface area contributed by atoms with E-state index >= 15 is 0 Å². The molecule has 2 heterocycles. The fourth-order valence-corrected chi connectivity index (χ4v) is 9.49. The summed E-state index contributed by atoms with van der Waals surface area (Å²) in [5.41, 5.74) is 13.5. The van der Waals surface area contributed by atoms with E-state index in [1.165, 1.54) is 75.8 Å². The molecule has 0 radical (unpaired) electrons. The zero-order valence-electron chi connectivity index (χ0n) is 26.9. The Labute approximate surface area is 280 Å². The van der Waals surface area contributed by atoms with Gasteiger partial charge in [0.1, 0.15) is 6.34 Å². The minimum Gasteiger partial charge on any atom is -0.269 e.